The molecule has 2 heterocycles. The first kappa shape index (κ1) is 24.7. The van der Waals surface area contributed by atoms with E-state index in [1.807, 2.05) is 24.0 Å². The van der Waals surface area contributed by atoms with Gasteiger partial charge in [-0.1, -0.05) is 96.0 Å². The molecular weight excluding hydrogens is 525 g/mol. The third-order valence-corrected chi connectivity index (χ3v) is 8.95. The van der Waals surface area contributed by atoms with Gasteiger partial charge in [0.1, 0.15) is 17.3 Å². The van der Waals surface area contributed by atoms with E-state index in [0.717, 1.165) is 5.56 Å². The summed E-state index contributed by atoms with van der Waals surface area (Å²) in [6, 6.07) is 23.8. The molecule has 0 bridgehead atoms. The van der Waals surface area contributed by atoms with Gasteiger partial charge < -0.3 is 4.90 Å². The molecule has 0 N–H and O–H groups in total. The molecule has 0 saturated carbocycles. The number of halogens is 2. The van der Waals surface area contributed by atoms with Crippen LogP contribution in [0.2, 0.25) is 5.02 Å². The number of Topliss-reactive ketones (excluding diaryl/α,β-unsaturated/α-hetero) is 3. The Morgan fingerprint density at radius 2 is 1.52 bits per heavy atom. The van der Waals surface area contributed by atoms with Crippen LogP contribution in [-0.4, -0.2) is 29.4 Å². The fourth-order valence-electron chi connectivity index (χ4n) is 6.91. The van der Waals surface area contributed by atoms with Crippen molar-refractivity contribution < 1.29 is 18.8 Å². The second-order valence-corrected chi connectivity index (χ2v) is 11.1. The molecule has 1 saturated heterocycles. The molecule has 4 nitrogen and oxygen atoms in total. The van der Waals surface area contributed by atoms with Crippen LogP contribution in [0.25, 0.3) is 6.08 Å². The Morgan fingerprint density at radius 3 is 2.20 bits per heavy atom. The number of benzene rings is 4. The lowest BCUT2D eigenvalue weighted by molar-refractivity contribution is 0.0666. The Labute approximate surface area is 235 Å². The zero-order valence-corrected chi connectivity index (χ0v) is 22.2. The van der Waals surface area contributed by atoms with Crippen LogP contribution in [0.3, 0.4) is 0 Å². The Kier molecular flexibility index (Phi) is 5.45. The zero-order valence-electron chi connectivity index (χ0n) is 21.5. The SMILES string of the molecule is Cc1ccc(C(=O)[C@H]2[C@H](c3ccccc3Cl)C3(C(=O)c4ccccc4C3=O)C3C=Cc4cc(F)ccc4N32)cc1. The number of carbonyl (C=O) groups is 3. The normalized spacial score (nSPS) is 21.9. The quantitative estimate of drug-likeness (QED) is 0.203. The van der Waals surface area contributed by atoms with Crippen molar-refractivity contribution in [1.29, 1.82) is 0 Å². The summed E-state index contributed by atoms with van der Waals surface area (Å²) in [6.45, 7) is 1.94. The molecule has 0 aromatic heterocycles. The predicted molar refractivity (Wildman–Crippen MR) is 153 cm³/mol. The number of ketones is 3. The maximum atomic E-state index is 14.6. The lowest BCUT2D eigenvalue weighted by Gasteiger charge is -2.37. The van der Waals surface area contributed by atoms with E-state index in [9.17, 15) is 18.8 Å². The molecule has 4 aromatic carbocycles. The smallest absolute Gasteiger partial charge is 0.185 e. The second-order valence-electron chi connectivity index (χ2n) is 10.7. The molecule has 3 atom stereocenters. The van der Waals surface area contributed by atoms with Gasteiger partial charge in [0.15, 0.2) is 17.3 Å². The second kappa shape index (κ2) is 8.83. The van der Waals surface area contributed by atoms with E-state index < -0.39 is 29.2 Å². The number of carbonyl (C=O) groups excluding carboxylic acids is 3. The number of fused-ring (bicyclic) bond motifs is 5. The van der Waals surface area contributed by atoms with Crippen molar-refractivity contribution >= 4 is 40.7 Å². The maximum absolute atomic E-state index is 14.6. The summed E-state index contributed by atoms with van der Waals surface area (Å²) in [5, 5.41) is 0.369. The molecule has 0 amide bonds. The van der Waals surface area contributed by atoms with Crippen LogP contribution in [0.5, 0.6) is 0 Å². The summed E-state index contributed by atoms with van der Waals surface area (Å²) >= 11 is 6.81. The van der Waals surface area contributed by atoms with Crippen molar-refractivity contribution in [2.24, 2.45) is 5.41 Å². The lowest BCUT2D eigenvalue weighted by Crippen LogP contribution is -2.48. The summed E-state index contributed by atoms with van der Waals surface area (Å²) in [5.41, 5.74) is 2.19. The lowest BCUT2D eigenvalue weighted by atomic mass is 9.64. The Balaban J connectivity index is 1.56. The van der Waals surface area contributed by atoms with Crippen LogP contribution in [0.4, 0.5) is 10.1 Å². The van der Waals surface area contributed by atoms with Crippen LogP contribution in [-0.2, 0) is 0 Å². The molecule has 1 unspecified atom stereocenters. The van der Waals surface area contributed by atoms with E-state index in [1.165, 1.54) is 12.1 Å². The first-order valence-corrected chi connectivity index (χ1v) is 13.5. The highest BCUT2D eigenvalue weighted by atomic mass is 35.5. The predicted octanol–water partition coefficient (Wildman–Crippen LogP) is 7.10. The van der Waals surface area contributed by atoms with Crippen LogP contribution in [0.15, 0.2) is 97.1 Å². The van der Waals surface area contributed by atoms with Gasteiger partial charge in [0, 0.05) is 38.9 Å². The van der Waals surface area contributed by atoms with Crippen LogP contribution in [0.1, 0.15) is 53.7 Å². The monoisotopic (exact) mass is 547 g/mol. The molecular formula is C34H23ClFNO3. The number of anilines is 1. The molecule has 2 aliphatic heterocycles. The van der Waals surface area contributed by atoms with Gasteiger partial charge in [0.2, 0.25) is 0 Å². The number of aryl methyl sites for hydroxylation is 1. The van der Waals surface area contributed by atoms with Crippen molar-refractivity contribution in [1.82, 2.24) is 0 Å². The highest BCUT2D eigenvalue weighted by molar-refractivity contribution is 6.34. The van der Waals surface area contributed by atoms with Crippen LogP contribution >= 0.6 is 11.6 Å². The van der Waals surface area contributed by atoms with E-state index in [-0.39, 0.29) is 17.3 Å². The minimum absolute atomic E-state index is 0.242. The molecule has 1 spiro atoms. The van der Waals surface area contributed by atoms with Crippen LogP contribution in [0, 0.1) is 18.2 Å². The van der Waals surface area contributed by atoms with Gasteiger partial charge >= 0.3 is 0 Å². The largest absolute Gasteiger partial charge is 0.352 e. The zero-order chi connectivity index (χ0) is 27.8. The summed E-state index contributed by atoms with van der Waals surface area (Å²) in [6.07, 6.45) is 3.52. The first-order chi connectivity index (χ1) is 19.3. The third kappa shape index (κ3) is 3.21. The van der Waals surface area contributed by atoms with Crippen molar-refractivity contribution in [3.8, 4) is 0 Å². The van der Waals surface area contributed by atoms with E-state index >= 15 is 0 Å². The molecule has 0 radical (unpaired) electrons. The van der Waals surface area contributed by atoms with Crippen molar-refractivity contribution in [3.05, 3.63) is 141 Å². The fourth-order valence-corrected chi connectivity index (χ4v) is 7.16. The maximum Gasteiger partial charge on any atom is 0.185 e. The number of hydrogen-bond donors (Lipinski definition) is 0. The van der Waals surface area contributed by atoms with Gasteiger partial charge in [-0.05, 0) is 36.8 Å². The third-order valence-electron chi connectivity index (χ3n) is 8.61. The Hall–Kier alpha value is -4.35. The summed E-state index contributed by atoms with van der Waals surface area (Å²) in [5.74, 6) is -2.23. The van der Waals surface area contributed by atoms with Gasteiger partial charge in [-0.15, -0.1) is 0 Å². The van der Waals surface area contributed by atoms with E-state index in [0.29, 0.717) is 38.5 Å². The number of hydrogen-bond acceptors (Lipinski definition) is 4. The average molecular weight is 548 g/mol. The van der Waals surface area contributed by atoms with Gasteiger partial charge in [-0.3, -0.25) is 14.4 Å². The summed E-state index contributed by atoms with van der Waals surface area (Å²) < 4.78 is 14.3. The van der Waals surface area contributed by atoms with Gasteiger partial charge in [0.25, 0.3) is 0 Å². The summed E-state index contributed by atoms with van der Waals surface area (Å²) in [4.78, 5) is 45.7. The van der Waals surface area contributed by atoms with Gasteiger partial charge in [-0.25, -0.2) is 4.39 Å². The molecule has 3 aliphatic rings. The molecule has 196 valence electrons. The highest BCUT2D eigenvalue weighted by Crippen LogP contribution is 2.61. The Morgan fingerprint density at radius 1 is 0.875 bits per heavy atom. The molecule has 40 heavy (non-hydrogen) atoms. The van der Waals surface area contributed by atoms with E-state index in [1.54, 1.807) is 78.9 Å². The minimum Gasteiger partial charge on any atom is -0.352 e. The molecule has 4 aromatic rings. The van der Waals surface area contributed by atoms with E-state index in [4.69, 9.17) is 11.6 Å². The summed E-state index contributed by atoms with van der Waals surface area (Å²) in [7, 11) is 0. The van der Waals surface area contributed by atoms with E-state index in [2.05, 4.69) is 0 Å². The van der Waals surface area contributed by atoms with Gasteiger partial charge in [0.05, 0.1) is 6.04 Å². The average Bonchev–Trinajstić information content (AvgIpc) is 3.39. The first-order valence-electron chi connectivity index (χ1n) is 13.1. The highest BCUT2D eigenvalue weighted by Gasteiger charge is 2.71. The van der Waals surface area contributed by atoms with Gasteiger partial charge in [-0.2, -0.15) is 0 Å². The van der Waals surface area contributed by atoms with Crippen LogP contribution < -0.4 is 4.90 Å². The molecule has 7 rings (SSSR count). The molecule has 1 aliphatic carbocycles. The van der Waals surface area contributed by atoms with Crippen molar-refractivity contribution in [2.45, 2.75) is 24.9 Å². The minimum atomic E-state index is -1.65. The molecule has 1 fully saturated rings. The topological polar surface area (TPSA) is 54.5 Å². The standard InChI is InChI=1S/C34H23ClFNO3/c1-19-10-12-20(13-11-19)31(38)30-29(25-8-4-5-9-26(25)35)34(32(39)23-6-2-3-7-24(23)33(34)40)28-17-14-21-18-22(36)15-16-27(21)37(28)30/h2-18,28-30H,1H3/t28?,29-,30+/m0/s1. The van der Waals surface area contributed by atoms with Crippen molar-refractivity contribution in [2.75, 3.05) is 4.90 Å². The number of nitrogens with zero attached hydrogens (tertiary/aromatic N) is 1. The fraction of sp³-hybridized carbons (Fsp3) is 0.147. The Bertz CT molecular complexity index is 1740. The van der Waals surface area contributed by atoms with Crippen molar-refractivity contribution in [3.63, 3.8) is 0 Å². The number of rotatable bonds is 3. The molecule has 6 heteroatoms.